The number of nitrogens with one attached hydrogen (secondary N) is 2. The van der Waals surface area contributed by atoms with Crippen LogP contribution in [0.5, 0.6) is 0 Å². The molecule has 0 aromatic heterocycles. The van der Waals surface area contributed by atoms with E-state index < -0.39 is 17.6 Å². The normalized spacial score (nSPS) is 12.5. The number of ether oxygens (including phenoxy) is 2. The summed E-state index contributed by atoms with van der Waals surface area (Å²) in [5.41, 5.74) is -1.04. The van der Waals surface area contributed by atoms with Gasteiger partial charge in [0.2, 0.25) is 11.8 Å². The van der Waals surface area contributed by atoms with Crippen LogP contribution >= 0.6 is 0 Å². The third kappa shape index (κ3) is 26.8. The molecular formula is C34H64N2O6. The molecule has 0 rings (SSSR count). The van der Waals surface area contributed by atoms with Gasteiger partial charge in [0.25, 0.3) is 0 Å². The van der Waals surface area contributed by atoms with Crippen LogP contribution in [-0.2, 0) is 28.7 Å². The lowest BCUT2D eigenvalue weighted by Gasteiger charge is -2.24. The van der Waals surface area contributed by atoms with E-state index in [0.717, 1.165) is 38.5 Å². The third-order valence-electron chi connectivity index (χ3n) is 6.71. The molecule has 0 aliphatic heterocycles. The zero-order chi connectivity index (χ0) is 31.9. The van der Waals surface area contributed by atoms with E-state index in [9.17, 15) is 19.2 Å². The van der Waals surface area contributed by atoms with Crippen molar-refractivity contribution in [3.8, 4) is 0 Å². The lowest BCUT2D eigenvalue weighted by molar-refractivity contribution is -0.159. The summed E-state index contributed by atoms with van der Waals surface area (Å²) in [5.74, 6) is -0.862. The molecule has 0 spiro atoms. The first-order valence-electron chi connectivity index (χ1n) is 16.7. The van der Waals surface area contributed by atoms with Crippen molar-refractivity contribution in [1.29, 1.82) is 0 Å². The molecule has 0 radical (unpaired) electrons. The zero-order valence-electron chi connectivity index (χ0n) is 28.2. The number of carbonyl (C=O) groups is 4. The van der Waals surface area contributed by atoms with Gasteiger partial charge in [0.1, 0.15) is 17.2 Å². The minimum atomic E-state index is -0.812. The van der Waals surface area contributed by atoms with Gasteiger partial charge < -0.3 is 20.1 Å². The Balaban J connectivity index is 3.85. The molecule has 2 N–H and O–H groups in total. The summed E-state index contributed by atoms with van der Waals surface area (Å²) in [6, 6.07) is -0.812. The highest BCUT2D eigenvalue weighted by molar-refractivity contribution is 5.85. The Morgan fingerprint density at radius 3 is 1.43 bits per heavy atom. The summed E-state index contributed by atoms with van der Waals surface area (Å²) in [4.78, 5) is 48.8. The maximum atomic E-state index is 12.6. The second-order valence-electron chi connectivity index (χ2n) is 13.6. The number of carbonyl (C=O) groups excluding carboxylic acids is 4. The van der Waals surface area contributed by atoms with Crippen molar-refractivity contribution in [3.05, 3.63) is 0 Å². The van der Waals surface area contributed by atoms with Gasteiger partial charge in [-0.25, -0.2) is 4.79 Å². The van der Waals surface area contributed by atoms with Crippen LogP contribution in [0.15, 0.2) is 0 Å². The molecule has 2 amide bonds. The molecule has 1 atom stereocenters. The van der Waals surface area contributed by atoms with Crippen molar-refractivity contribution in [2.45, 2.75) is 188 Å². The van der Waals surface area contributed by atoms with Gasteiger partial charge in [-0.15, -0.1) is 0 Å². The number of unbranched alkanes of at least 4 members (excludes halogenated alkanes) is 13. The fraction of sp³-hybridized carbons (Fsp3) is 0.882. The van der Waals surface area contributed by atoms with Crippen LogP contribution < -0.4 is 10.6 Å². The molecule has 42 heavy (non-hydrogen) atoms. The maximum Gasteiger partial charge on any atom is 0.329 e. The van der Waals surface area contributed by atoms with Crippen LogP contribution in [0.3, 0.4) is 0 Å². The van der Waals surface area contributed by atoms with Crippen LogP contribution in [0.4, 0.5) is 0 Å². The van der Waals surface area contributed by atoms with Gasteiger partial charge in [0, 0.05) is 25.8 Å². The molecule has 0 heterocycles. The fourth-order valence-corrected chi connectivity index (χ4v) is 4.59. The molecule has 0 aliphatic rings. The summed E-state index contributed by atoms with van der Waals surface area (Å²) in [5, 5.41) is 5.60. The van der Waals surface area contributed by atoms with Gasteiger partial charge in [-0.2, -0.15) is 0 Å². The van der Waals surface area contributed by atoms with Crippen LogP contribution in [0.1, 0.15) is 170 Å². The molecule has 0 aliphatic carbocycles. The van der Waals surface area contributed by atoms with Gasteiger partial charge in [-0.3, -0.25) is 14.4 Å². The topological polar surface area (TPSA) is 111 Å². The van der Waals surface area contributed by atoms with E-state index in [0.29, 0.717) is 19.4 Å². The third-order valence-corrected chi connectivity index (χ3v) is 6.71. The number of amides is 2. The largest absolute Gasteiger partial charge is 0.460 e. The highest BCUT2D eigenvalue weighted by Crippen LogP contribution is 2.16. The number of rotatable bonds is 24. The summed E-state index contributed by atoms with van der Waals surface area (Å²) in [6.07, 6.45) is 18.3. The van der Waals surface area contributed by atoms with Gasteiger partial charge >= 0.3 is 11.9 Å². The van der Waals surface area contributed by atoms with Crippen molar-refractivity contribution >= 4 is 23.8 Å². The first kappa shape index (κ1) is 39.9. The van der Waals surface area contributed by atoms with Crippen LogP contribution in [-0.4, -0.2) is 47.5 Å². The number of hydrogen-bond donors (Lipinski definition) is 2. The van der Waals surface area contributed by atoms with E-state index in [1.165, 1.54) is 57.8 Å². The SMILES string of the molecule is CCCNC(=O)CC[C@H](NC(=O)CCCCCCCCCCCCCCCCC(=O)OC(C)(C)C)C(=O)OC(C)(C)C. The van der Waals surface area contributed by atoms with E-state index in [-0.39, 0.29) is 36.2 Å². The molecule has 0 aromatic rings. The van der Waals surface area contributed by atoms with Crippen molar-refractivity contribution < 1.29 is 28.7 Å². The standard InChI is InChI=1S/C34H64N2O6/c1-8-27-35-29(37)26-25-28(32(40)42-34(5,6)7)36-30(38)23-21-19-17-15-13-11-9-10-12-14-16-18-20-22-24-31(39)41-33(2,3)4/h28H,8-27H2,1-7H3,(H,35,37)(H,36,38)/t28-/m0/s1. The quantitative estimate of drug-likeness (QED) is 0.0872. The highest BCUT2D eigenvalue weighted by atomic mass is 16.6. The van der Waals surface area contributed by atoms with Crippen molar-refractivity contribution in [1.82, 2.24) is 10.6 Å². The molecule has 0 fully saturated rings. The Hall–Kier alpha value is -2.12. The van der Waals surface area contributed by atoms with E-state index >= 15 is 0 Å². The number of hydrogen-bond acceptors (Lipinski definition) is 6. The zero-order valence-corrected chi connectivity index (χ0v) is 28.2. The molecule has 8 nitrogen and oxygen atoms in total. The summed E-state index contributed by atoms with van der Waals surface area (Å²) in [6.45, 7) is 13.7. The predicted molar refractivity (Wildman–Crippen MR) is 170 cm³/mol. The smallest absolute Gasteiger partial charge is 0.329 e. The lowest BCUT2D eigenvalue weighted by Crippen LogP contribution is -2.44. The monoisotopic (exact) mass is 596 g/mol. The summed E-state index contributed by atoms with van der Waals surface area (Å²) >= 11 is 0. The van der Waals surface area contributed by atoms with E-state index in [2.05, 4.69) is 10.6 Å². The highest BCUT2D eigenvalue weighted by Gasteiger charge is 2.27. The first-order valence-corrected chi connectivity index (χ1v) is 16.7. The molecular weight excluding hydrogens is 532 g/mol. The fourth-order valence-electron chi connectivity index (χ4n) is 4.59. The Morgan fingerprint density at radius 2 is 1.00 bits per heavy atom. The van der Waals surface area contributed by atoms with Crippen molar-refractivity contribution in [2.24, 2.45) is 0 Å². The van der Waals surface area contributed by atoms with Crippen LogP contribution in [0.25, 0.3) is 0 Å². The van der Waals surface area contributed by atoms with Crippen LogP contribution in [0, 0.1) is 0 Å². The maximum absolute atomic E-state index is 12.6. The molecule has 8 heteroatoms. The van der Waals surface area contributed by atoms with Gasteiger partial charge in [0.15, 0.2) is 0 Å². The molecule has 0 saturated heterocycles. The lowest BCUT2D eigenvalue weighted by atomic mass is 10.0. The predicted octanol–water partition coefficient (Wildman–Crippen LogP) is 7.70. The summed E-state index contributed by atoms with van der Waals surface area (Å²) < 4.78 is 10.8. The van der Waals surface area contributed by atoms with Crippen molar-refractivity contribution in [3.63, 3.8) is 0 Å². The second kappa shape index (κ2) is 23.3. The average Bonchev–Trinajstić information content (AvgIpc) is 2.87. The first-order chi connectivity index (χ1) is 19.7. The molecule has 0 unspecified atom stereocenters. The average molecular weight is 597 g/mol. The minimum Gasteiger partial charge on any atom is -0.460 e. The van der Waals surface area contributed by atoms with Gasteiger partial charge in [0.05, 0.1) is 0 Å². The Kier molecular flexibility index (Phi) is 22.2. The molecule has 246 valence electrons. The minimum absolute atomic E-state index is 0.0852. The van der Waals surface area contributed by atoms with E-state index in [1.54, 1.807) is 20.8 Å². The Morgan fingerprint density at radius 1 is 0.571 bits per heavy atom. The number of esters is 2. The van der Waals surface area contributed by atoms with Gasteiger partial charge in [-0.1, -0.05) is 84.0 Å². The Labute approximate surface area is 257 Å². The molecule has 0 aromatic carbocycles. The second-order valence-corrected chi connectivity index (χ2v) is 13.6. The van der Waals surface area contributed by atoms with Gasteiger partial charge in [-0.05, 0) is 67.2 Å². The summed E-state index contributed by atoms with van der Waals surface area (Å²) in [7, 11) is 0. The van der Waals surface area contributed by atoms with Crippen molar-refractivity contribution in [2.75, 3.05) is 6.54 Å². The van der Waals surface area contributed by atoms with E-state index in [1.807, 2.05) is 27.7 Å². The molecule has 0 saturated carbocycles. The van der Waals surface area contributed by atoms with E-state index in [4.69, 9.17) is 9.47 Å². The van der Waals surface area contributed by atoms with Crippen LogP contribution in [0.2, 0.25) is 0 Å². The molecule has 0 bridgehead atoms. The Bertz CT molecular complexity index is 754.